The molecular weight excluding hydrogens is 392 g/mol. The number of fused-ring (bicyclic) bond motifs is 4. The Labute approximate surface area is 181 Å². The van der Waals surface area contributed by atoms with E-state index in [0.717, 1.165) is 33.9 Å². The highest BCUT2D eigenvalue weighted by Crippen LogP contribution is 2.34. The molecule has 0 bridgehead atoms. The van der Waals surface area contributed by atoms with Crippen LogP contribution >= 0.6 is 0 Å². The number of aromatic nitrogens is 2. The fourth-order valence-corrected chi connectivity index (χ4v) is 3.54. The monoisotopic (exact) mass is 418 g/mol. The number of para-hydroxylation sites is 2. The lowest BCUT2D eigenvalue weighted by atomic mass is 10.0. The van der Waals surface area contributed by atoms with E-state index in [1.165, 1.54) is 0 Å². The van der Waals surface area contributed by atoms with Crippen LogP contribution < -0.4 is 10.1 Å². The maximum atomic E-state index is 13.1. The number of nitrogens with zero attached hydrogens (tertiary/aromatic N) is 3. The van der Waals surface area contributed by atoms with Crippen molar-refractivity contribution in [1.29, 1.82) is 0 Å². The van der Waals surface area contributed by atoms with Crippen molar-refractivity contribution in [2.24, 2.45) is 0 Å². The largest absolute Gasteiger partial charge is 0.491 e. The minimum Gasteiger partial charge on any atom is -0.491 e. The Morgan fingerprint density at radius 2 is 1.74 bits per heavy atom. The molecular formula is C24H26N4O3. The molecule has 160 valence electrons. The molecule has 0 aliphatic rings. The normalized spacial score (nSPS) is 11.5. The van der Waals surface area contributed by atoms with Crippen LogP contribution in [-0.2, 0) is 4.74 Å². The van der Waals surface area contributed by atoms with Crippen LogP contribution in [0.4, 0.5) is 0 Å². The van der Waals surface area contributed by atoms with E-state index in [0.29, 0.717) is 36.6 Å². The summed E-state index contributed by atoms with van der Waals surface area (Å²) in [5, 5.41) is 4.58. The number of rotatable bonds is 8. The zero-order chi connectivity index (χ0) is 21.8. The number of likely N-dealkylation sites (N-methyl/N-ethyl adjacent to an activating group) is 1. The summed E-state index contributed by atoms with van der Waals surface area (Å²) in [6, 6.07) is 15.2. The third-order valence-corrected chi connectivity index (χ3v) is 5.08. The molecule has 0 saturated heterocycles. The summed E-state index contributed by atoms with van der Waals surface area (Å²) in [6.45, 7) is 2.21. The highest BCUT2D eigenvalue weighted by molar-refractivity contribution is 6.18. The third-order valence-electron chi connectivity index (χ3n) is 5.08. The van der Waals surface area contributed by atoms with Gasteiger partial charge in [0, 0.05) is 36.5 Å². The molecule has 3 aromatic carbocycles. The van der Waals surface area contributed by atoms with E-state index in [-0.39, 0.29) is 5.91 Å². The van der Waals surface area contributed by atoms with Crippen molar-refractivity contribution in [2.45, 2.75) is 0 Å². The zero-order valence-corrected chi connectivity index (χ0v) is 18.0. The van der Waals surface area contributed by atoms with Gasteiger partial charge in [0.15, 0.2) is 0 Å². The number of hydrogen-bond donors (Lipinski definition) is 1. The van der Waals surface area contributed by atoms with E-state index in [1.54, 1.807) is 13.2 Å². The fraction of sp³-hybridized carbons (Fsp3) is 0.292. The maximum Gasteiger partial charge on any atom is 0.252 e. The first-order valence-corrected chi connectivity index (χ1v) is 10.3. The summed E-state index contributed by atoms with van der Waals surface area (Å²) in [7, 11) is 5.58. The molecule has 7 nitrogen and oxygen atoms in total. The summed E-state index contributed by atoms with van der Waals surface area (Å²) < 4.78 is 11.0. The van der Waals surface area contributed by atoms with Crippen LogP contribution in [0.25, 0.3) is 32.8 Å². The minimum atomic E-state index is -0.141. The van der Waals surface area contributed by atoms with Crippen molar-refractivity contribution in [3.63, 3.8) is 0 Å². The molecule has 1 N–H and O–H groups in total. The number of nitrogens with one attached hydrogen (secondary N) is 1. The van der Waals surface area contributed by atoms with E-state index < -0.39 is 0 Å². The molecule has 1 amide bonds. The highest BCUT2D eigenvalue weighted by Gasteiger charge is 2.17. The summed E-state index contributed by atoms with van der Waals surface area (Å²) >= 11 is 0. The van der Waals surface area contributed by atoms with E-state index in [4.69, 9.17) is 19.4 Å². The average Bonchev–Trinajstić information content (AvgIpc) is 2.77. The SMILES string of the molecule is COCCOc1ccc(C(=O)NCCN(C)C)c2c1ccc1nc3ccccc3nc12. The van der Waals surface area contributed by atoms with Gasteiger partial charge in [0.1, 0.15) is 12.4 Å². The zero-order valence-electron chi connectivity index (χ0n) is 18.0. The van der Waals surface area contributed by atoms with Crippen LogP contribution in [0.5, 0.6) is 5.75 Å². The number of ether oxygens (including phenoxy) is 2. The van der Waals surface area contributed by atoms with Crippen LogP contribution in [-0.4, -0.2) is 68.3 Å². The van der Waals surface area contributed by atoms with Crippen LogP contribution in [0.1, 0.15) is 10.4 Å². The molecule has 0 saturated carbocycles. The number of carbonyl (C=O) groups is 1. The Balaban J connectivity index is 1.88. The first-order chi connectivity index (χ1) is 15.1. The Morgan fingerprint density at radius 3 is 2.48 bits per heavy atom. The van der Waals surface area contributed by atoms with Gasteiger partial charge in [0.2, 0.25) is 0 Å². The van der Waals surface area contributed by atoms with Crippen LogP contribution in [0.3, 0.4) is 0 Å². The summed E-state index contributed by atoms with van der Waals surface area (Å²) in [4.78, 5) is 24.7. The number of amides is 1. The quantitative estimate of drug-likeness (QED) is 0.269. The maximum absolute atomic E-state index is 13.1. The molecule has 0 aliphatic heterocycles. The van der Waals surface area contributed by atoms with Gasteiger partial charge in [-0.15, -0.1) is 0 Å². The molecule has 1 aromatic heterocycles. The van der Waals surface area contributed by atoms with Gasteiger partial charge in [0.05, 0.1) is 28.7 Å². The van der Waals surface area contributed by atoms with E-state index >= 15 is 0 Å². The third kappa shape index (κ3) is 4.42. The molecule has 7 heteroatoms. The molecule has 1 heterocycles. The lowest BCUT2D eigenvalue weighted by Crippen LogP contribution is -2.31. The summed E-state index contributed by atoms with van der Waals surface area (Å²) in [5.74, 6) is 0.548. The summed E-state index contributed by atoms with van der Waals surface area (Å²) in [6.07, 6.45) is 0. The Hall–Kier alpha value is -3.29. The number of benzene rings is 3. The smallest absolute Gasteiger partial charge is 0.252 e. The first kappa shape index (κ1) is 21.0. The van der Waals surface area contributed by atoms with E-state index in [1.807, 2.05) is 61.5 Å². The van der Waals surface area contributed by atoms with Gasteiger partial charge in [0.25, 0.3) is 5.91 Å². The van der Waals surface area contributed by atoms with Gasteiger partial charge in [-0.1, -0.05) is 12.1 Å². The van der Waals surface area contributed by atoms with Crippen molar-refractivity contribution in [1.82, 2.24) is 20.2 Å². The minimum absolute atomic E-state index is 0.141. The molecule has 0 spiro atoms. The fourth-order valence-electron chi connectivity index (χ4n) is 3.54. The van der Waals surface area contributed by atoms with Gasteiger partial charge in [-0.05, 0) is 50.5 Å². The van der Waals surface area contributed by atoms with E-state index in [2.05, 4.69) is 5.32 Å². The second-order valence-electron chi connectivity index (χ2n) is 7.58. The molecule has 4 rings (SSSR count). The van der Waals surface area contributed by atoms with E-state index in [9.17, 15) is 4.79 Å². The highest BCUT2D eigenvalue weighted by atomic mass is 16.5. The molecule has 0 unspecified atom stereocenters. The topological polar surface area (TPSA) is 76.6 Å². The molecule has 4 aromatic rings. The van der Waals surface area contributed by atoms with Crippen LogP contribution in [0.15, 0.2) is 48.5 Å². The van der Waals surface area contributed by atoms with Gasteiger partial charge in [-0.3, -0.25) is 4.79 Å². The predicted octanol–water partition coefficient (Wildman–Crippen LogP) is 3.25. The van der Waals surface area contributed by atoms with Crippen molar-refractivity contribution < 1.29 is 14.3 Å². The van der Waals surface area contributed by atoms with Crippen LogP contribution in [0.2, 0.25) is 0 Å². The van der Waals surface area contributed by atoms with Gasteiger partial charge >= 0.3 is 0 Å². The lowest BCUT2D eigenvalue weighted by molar-refractivity contribution is 0.0952. The van der Waals surface area contributed by atoms with Crippen LogP contribution in [0, 0.1) is 0 Å². The summed E-state index contributed by atoms with van der Waals surface area (Å²) in [5.41, 5.74) is 3.59. The van der Waals surface area contributed by atoms with Crippen molar-refractivity contribution in [2.75, 3.05) is 47.5 Å². The Morgan fingerprint density at radius 1 is 0.968 bits per heavy atom. The number of carbonyl (C=O) groups excluding carboxylic acids is 1. The standard InChI is InChI=1S/C24H26N4O3/c1-28(2)13-12-25-24(29)17-9-11-21(31-15-14-30-3)16-8-10-20-23(22(16)17)27-19-7-5-4-6-18(19)26-20/h4-11H,12-15H2,1-3H3,(H,25,29). The molecule has 0 aliphatic carbocycles. The predicted molar refractivity (Wildman–Crippen MR) is 123 cm³/mol. The molecule has 31 heavy (non-hydrogen) atoms. The first-order valence-electron chi connectivity index (χ1n) is 10.3. The Kier molecular flexibility index (Phi) is 6.25. The van der Waals surface area contributed by atoms with Gasteiger partial charge < -0.3 is 19.7 Å². The number of methoxy groups -OCH3 is 1. The molecule has 0 atom stereocenters. The number of hydrogen-bond acceptors (Lipinski definition) is 6. The molecule has 0 fully saturated rings. The molecule has 0 radical (unpaired) electrons. The van der Waals surface area contributed by atoms with Crippen molar-refractivity contribution in [3.05, 3.63) is 54.1 Å². The average molecular weight is 418 g/mol. The second kappa shape index (κ2) is 9.24. The lowest BCUT2D eigenvalue weighted by Gasteiger charge is -2.15. The Bertz CT molecular complexity index is 1240. The van der Waals surface area contributed by atoms with Gasteiger partial charge in [-0.25, -0.2) is 9.97 Å². The van der Waals surface area contributed by atoms with Crippen molar-refractivity contribution >= 4 is 38.7 Å². The second-order valence-corrected chi connectivity index (χ2v) is 7.58. The van der Waals surface area contributed by atoms with Crippen molar-refractivity contribution in [3.8, 4) is 5.75 Å². The van der Waals surface area contributed by atoms with Gasteiger partial charge in [-0.2, -0.15) is 0 Å².